The Labute approximate surface area is 195 Å². The molecule has 0 bridgehead atoms. The Morgan fingerprint density at radius 3 is 2.09 bits per heavy atom. The van der Waals surface area contributed by atoms with Crippen molar-refractivity contribution in [3.8, 4) is 11.3 Å². The number of hydrogen-bond donors (Lipinski definition) is 0. The normalized spacial score (nSPS) is 15.3. The number of rotatable bonds is 5. The first-order valence-electron chi connectivity index (χ1n) is 11.1. The minimum atomic E-state index is -3.53. The van der Waals surface area contributed by atoms with E-state index in [4.69, 9.17) is 4.98 Å². The van der Waals surface area contributed by atoms with Crippen LogP contribution in [0.25, 0.3) is 11.3 Å². The molecule has 4 rings (SSSR count). The van der Waals surface area contributed by atoms with Crippen molar-refractivity contribution in [2.75, 3.05) is 31.1 Å². The van der Waals surface area contributed by atoms with E-state index in [0.29, 0.717) is 31.1 Å². The van der Waals surface area contributed by atoms with E-state index in [0.717, 1.165) is 45.1 Å². The monoisotopic (exact) mass is 469 g/mol. The van der Waals surface area contributed by atoms with E-state index < -0.39 is 10.0 Å². The van der Waals surface area contributed by atoms with Gasteiger partial charge in [-0.1, -0.05) is 37.3 Å². The molecule has 1 aliphatic rings. The molecule has 0 atom stereocenters. The molecular weight excluding hydrogens is 438 g/mol. The number of benzene rings is 2. The Hall–Kier alpha value is -2.22. The van der Waals surface area contributed by atoms with Gasteiger partial charge in [-0.05, 0) is 61.9 Å². The second-order valence-electron chi connectivity index (χ2n) is 8.55. The second kappa shape index (κ2) is 8.96. The number of thiazole rings is 1. The van der Waals surface area contributed by atoms with Crippen LogP contribution in [0.4, 0.5) is 5.13 Å². The molecule has 0 amide bonds. The fraction of sp³-hybridized carbons (Fsp3) is 0.400. The molecule has 32 heavy (non-hydrogen) atoms. The van der Waals surface area contributed by atoms with E-state index in [-0.39, 0.29) is 0 Å². The number of hydrogen-bond acceptors (Lipinski definition) is 5. The highest BCUT2D eigenvalue weighted by molar-refractivity contribution is 7.89. The minimum absolute atomic E-state index is 0.467. The molecule has 0 unspecified atom stereocenters. The molecule has 0 spiro atoms. The first-order valence-corrected chi connectivity index (χ1v) is 13.4. The molecule has 7 heteroatoms. The van der Waals surface area contributed by atoms with Gasteiger partial charge in [0, 0.05) is 37.1 Å². The largest absolute Gasteiger partial charge is 0.345 e. The number of sulfonamides is 1. The Bertz CT molecular complexity index is 1200. The summed E-state index contributed by atoms with van der Waals surface area (Å²) >= 11 is 1.62. The maximum absolute atomic E-state index is 13.5. The van der Waals surface area contributed by atoms with Gasteiger partial charge in [-0.15, -0.1) is 11.3 Å². The smallest absolute Gasteiger partial charge is 0.243 e. The summed E-state index contributed by atoms with van der Waals surface area (Å²) in [6, 6.07) is 10.6. The lowest BCUT2D eigenvalue weighted by molar-refractivity contribution is 0.384. The molecular formula is C25H31N3O2S2. The van der Waals surface area contributed by atoms with E-state index in [1.165, 1.54) is 5.56 Å². The van der Waals surface area contributed by atoms with E-state index >= 15 is 0 Å². The highest BCUT2D eigenvalue weighted by Crippen LogP contribution is 2.31. The Morgan fingerprint density at radius 1 is 0.938 bits per heavy atom. The molecule has 0 radical (unpaired) electrons. The summed E-state index contributed by atoms with van der Waals surface area (Å²) in [5.74, 6) is 0. The summed E-state index contributed by atoms with van der Waals surface area (Å²) in [6.07, 6.45) is 1.02. The molecule has 2 aromatic carbocycles. The molecule has 3 aromatic rings. The maximum atomic E-state index is 13.5. The van der Waals surface area contributed by atoms with Crippen molar-refractivity contribution in [2.24, 2.45) is 0 Å². The van der Waals surface area contributed by atoms with Gasteiger partial charge in [0.15, 0.2) is 5.13 Å². The van der Waals surface area contributed by atoms with Crippen LogP contribution in [0, 0.1) is 27.7 Å². The summed E-state index contributed by atoms with van der Waals surface area (Å²) < 4.78 is 28.7. The van der Waals surface area contributed by atoms with E-state index in [9.17, 15) is 8.42 Å². The summed E-state index contributed by atoms with van der Waals surface area (Å²) in [4.78, 5) is 7.51. The first-order chi connectivity index (χ1) is 15.2. The molecule has 0 aliphatic carbocycles. The molecule has 0 N–H and O–H groups in total. The van der Waals surface area contributed by atoms with Gasteiger partial charge in [0.1, 0.15) is 0 Å². The Kier molecular flexibility index (Phi) is 6.43. The van der Waals surface area contributed by atoms with Gasteiger partial charge in [-0.25, -0.2) is 13.4 Å². The third kappa shape index (κ3) is 4.21. The van der Waals surface area contributed by atoms with Crippen molar-refractivity contribution >= 4 is 26.5 Å². The molecule has 5 nitrogen and oxygen atoms in total. The zero-order valence-electron chi connectivity index (χ0n) is 19.5. The Balaban J connectivity index is 1.50. The average molecular weight is 470 g/mol. The summed E-state index contributed by atoms with van der Waals surface area (Å²) in [5.41, 5.74) is 7.16. The van der Waals surface area contributed by atoms with Gasteiger partial charge in [0.25, 0.3) is 0 Å². The van der Waals surface area contributed by atoms with Crippen molar-refractivity contribution in [3.05, 3.63) is 63.5 Å². The van der Waals surface area contributed by atoms with Crippen LogP contribution in [0.5, 0.6) is 0 Å². The van der Waals surface area contributed by atoms with Crippen molar-refractivity contribution in [3.63, 3.8) is 0 Å². The van der Waals surface area contributed by atoms with Crippen LogP contribution in [-0.2, 0) is 16.4 Å². The van der Waals surface area contributed by atoms with Gasteiger partial charge in [-0.2, -0.15) is 4.31 Å². The van der Waals surface area contributed by atoms with Gasteiger partial charge in [0.05, 0.1) is 10.6 Å². The van der Waals surface area contributed by atoms with Crippen molar-refractivity contribution in [1.29, 1.82) is 0 Å². The van der Waals surface area contributed by atoms with Gasteiger partial charge in [0.2, 0.25) is 10.0 Å². The lowest BCUT2D eigenvalue weighted by atomic mass is 10.0. The van der Waals surface area contributed by atoms with Crippen LogP contribution < -0.4 is 4.90 Å². The van der Waals surface area contributed by atoms with E-state index in [2.05, 4.69) is 47.5 Å². The average Bonchev–Trinajstić information content (AvgIpc) is 3.28. The second-order valence-corrected chi connectivity index (χ2v) is 11.3. The van der Waals surface area contributed by atoms with E-state index in [1.807, 2.05) is 27.7 Å². The molecule has 1 aromatic heterocycles. The number of aromatic nitrogens is 1. The van der Waals surface area contributed by atoms with Crippen LogP contribution in [0.3, 0.4) is 0 Å². The highest BCUT2D eigenvalue weighted by atomic mass is 32.2. The fourth-order valence-corrected chi connectivity index (χ4v) is 7.16. The lowest BCUT2D eigenvalue weighted by Gasteiger charge is -2.34. The predicted molar refractivity (Wildman–Crippen MR) is 133 cm³/mol. The number of anilines is 1. The highest BCUT2D eigenvalue weighted by Gasteiger charge is 2.32. The number of aryl methyl sites for hydroxylation is 3. The summed E-state index contributed by atoms with van der Waals surface area (Å²) in [7, 11) is -3.53. The number of nitrogens with zero attached hydrogens (tertiary/aromatic N) is 3. The topological polar surface area (TPSA) is 53.5 Å². The molecule has 1 aliphatic heterocycles. The van der Waals surface area contributed by atoms with Gasteiger partial charge < -0.3 is 4.90 Å². The van der Waals surface area contributed by atoms with E-state index in [1.54, 1.807) is 15.6 Å². The molecule has 1 fully saturated rings. The molecule has 2 heterocycles. The third-order valence-corrected chi connectivity index (χ3v) is 9.63. The standard InChI is InChI=1S/C25H31N3O2S2/c1-6-21-7-9-22(10-8-21)23-16-31-25(26-23)27-11-13-28(14-12-27)32(29,30)24-19(4)17(2)15-18(3)20(24)5/h7-10,15-16H,6,11-14H2,1-5H3. The van der Waals surface area contributed by atoms with Gasteiger partial charge in [-0.3, -0.25) is 0 Å². The summed E-state index contributed by atoms with van der Waals surface area (Å²) in [5, 5.41) is 3.04. The van der Waals surface area contributed by atoms with Gasteiger partial charge >= 0.3 is 0 Å². The van der Waals surface area contributed by atoms with Crippen molar-refractivity contribution in [2.45, 2.75) is 45.9 Å². The van der Waals surface area contributed by atoms with Crippen LogP contribution in [0.2, 0.25) is 0 Å². The predicted octanol–water partition coefficient (Wildman–Crippen LogP) is 5.12. The molecule has 170 valence electrons. The fourth-order valence-electron chi connectivity index (χ4n) is 4.27. The van der Waals surface area contributed by atoms with Crippen LogP contribution in [0.1, 0.15) is 34.7 Å². The van der Waals surface area contributed by atoms with Crippen LogP contribution >= 0.6 is 11.3 Å². The molecule has 0 saturated carbocycles. The maximum Gasteiger partial charge on any atom is 0.243 e. The van der Waals surface area contributed by atoms with Crippen molar-refractivity contribution < 1.29 is 8.42 Å². The third-order valence-electron chi connectivity index (χ3n) is 6.55. The Morgan fingerprint density at radius 2 is 1.53 bits per heavy atom. The zero-order valence-corrected chi connectivity index (χ0v) is 21.1. The molecule has 1 saturated heterocycles. The summed E-state index contributed by atoms with van der Waals surface area (Å²) in [6.45, 7) is 12.2. The SMILES string of the molecule is CCc1ccc(-c2csc(N3CCN(S(=O)(=O)c4c(C)c(C)cc(C)c4C)CC3)n2)cc1. The van der Waals surface area contributed by atoms with Crippen molar-refractivity contribution in [1.82, 2.24) is 9.29 Å². The quantitative estimate of drug-likeness (QED) is 0.521. The van der Waals surface area contributed by atoms with Crippen LogP contribution in [0.15, 0.2) is 40.6 Å². The van der Waals surface area contributed by atoms with Crippen LogP contribution in [-0.4, -0.2) is 43.9 Å². The zero-order chi connectivity index (χ0) is 23.0. The lowest BCUT2D eigenvalue weighted by Crippen LogP contribution is -2.49. The number of piperazine rings is 1. The first kappa shape index (κ1) is 23.0. The minimum Gasteiger partial charge on any atom is -0.345 e.